The number of hydrogen-bond donors (Lipinski definition) is 2. The fourth-order valence-corrected chi connectivity index (χ4v) is 2.61. The van der Waals surface area contributed by atoms with Gasteiger partial charge in [0.1, 0.15) is 11.5 Å². The van der Waals surface area contributed by atoms with Crippen molar-refractivity contribution in [3.63, 3.8) is 0 Å². The van der Waals surface area contributed by atoms with Crippen molar-refractivity contribution in [3.8, 4) is 0 Å². The second-order valence-corrected chi connectivity index (χ2v) is 6.11. The molecular formula is C18H15BrN4O. The number of carbonyl (C=O) groups excluding carboxylic acids is 1. The Hall–Kier alpha value is -2.73. The summed E-state index contributed by atoms with van der Waals surface area (Å²) in [6.07, 6.45) is 2.99. The van der Waals surface area contributed by atoms with Crippen molar-refractivity contribution in [2.45, 2.75) is 6.92 Å². The Morgan fingerprint density at radius 1 is 1.04 bits per heavy atom. The lowest BCUT2D eigenvalue weighted by molar-refractivity contribution is 0.102. The van der Waals surface area contributed by atoms with Gasteiger partial charge in [0.15, 0.2) is 0 Å². The minimum atomic E-state index is -0.292. The van der Waals surface area contributed by atoms with Gasteiger partial charge < -0.3 is 10.6 Å². The number of benzene rings is 2. The van der Waals surface area contributed by atoms with Gasteiger partial charge in [0.2, 0.25) is 0 Å². The topological polar surface area (TPSA) is 66.9 Å². The number of halogens is 1. The number of anilines is 3. The van der Waals surface area contributed by atoms with Crippen molar-refractivity contribution in [3.05, 3.63) is 76.7 Å². The van der Waals surface area contributed by atoms with Gasteiger partial charge in [0.05, 0.1) is 12.4 Å². The van der Waals surface area contributed by atoms with Gasteiger partial charge in [-0.25, -0.2) is 9.97 Å². The SMILES string of the molecule is Cc1cc(Br)ccc1NC(=O)c1cnc(Nc2ccccc2)cn1. The van der Waals surface area contributed by atoms with Crippen molar-refractivity contribution >= 4 is 39.0 Å². The number of amides is 1. The van der Waals surface area contributed by atoms with Crippen molar-refractivity contribution in [1.29, 1.82) is 0 Å². The van der Waals surface area contributed by atoms with E-state index in [-0.39, 0.29) is 11.6 Å². The molecule has 0 aliphatic carbocycles. The summed E-state index contributed by atoms with van der Waals surface area (Å²) in [6, 6.07) is 15.3. The van der Waals surface area contributed by atoms with Crippen LogP contribution in [0.2, 0.25) is 0 Å². The molecule has 0 aliphatic rings. The molecule has 2 N–H and O–H groups in total. The summed E-state index contributed by atoms with van der Waals surface area (Å²) >= 11 is 3.40. The maximum atomic E-state index is 12.3. The molecule has 1 heterocycles. The average molecular weight is 383 g/mol. The van der Waals surface area contributed by atoms with Crippen LogP contribution in [0.1, 0.15) is 16.1 Å². The Labute approximate surface area is 148 Å². The average Bonchev–Trinajstić information content (AvgIpc) is 2.59. The summed E-state index contributed by atoms with van der Waals surface area (Å²) < 4.78 is 0.967. The molecule has 0 radical (unpaired) electrons. The molecule has 0 saturated heterocycles. The van der Waals surface area contributed by atoms with Gasteiger partial charge >= 0.3 is 0 Å². The summed E-state index contributed by atoms with van der Waals surface area (Å²) in [5.41, 5.74) is 2.88. The highest BCUT2D eigenvalue weighted by Gasteiger charge is 2.10. The fraction of sp³-hybridized carbons (Fsp3) is 0.0556. The third-order valence-electron chi connectivity index (χ3n) is 3.37. The molecule has 0 fully saturated rings. The number of carbonyl (C=O) groups is 1. The van der Waals surface area contributed by atoms with Gasteiger partial charge in [0, 0.05) is 15.8 Å². The van der Waals surface area contributed by atoms with Gasteiger partial charge in [-0.1, -0.05) is 34.1 Å². The van der Waals surface area contributed by atoms with Crippen molar-refractivity contribution in [2.24, 2.45) is 0 Å². The smallest absolute Gasteiger partial charge is 0.275 e. The zero-order chi connectivity index (χ0) is 16.9. The molecule has 1 amide bonds. The number of para-hydroxylation sites is 1. The molecular weight excluding hydrogens is 368 g/mol. The Kier molecular flexibility index (Phi) is 4.86. The van der Waals surface area contributed by atoms with Gasteiger partial charge in [-0.15, -0.1) is 0 Å². The monoisotopic (exact) mass is 382 g/mol. The summed E-state index contributed by atoms with van der Waals surface area (Å²) in [4.78, 5) is 20.7. The number of nitrogens with one attached hydrogen (secondary N) is 2. The number of rotatable bonds is 4. The molecule has 1 aromatic heterocycles. The first kappa shape index (κ1) is 16.1. The maximum absolute atomic E-state index is 12.3. The van der Waals surface area contributed by atoms with Crippen LogP contribution >= 0.6 is 15.9 Å². The zero-order valence-electron chi connectivity index (χ0n) is 13.0. The van der Waals surface area contributed by atoms with Crippen LogP contribution in [0.15, 0.2) is 65.4 Å². The van der Waals surface area contributed by atoms with Crippen LogP contribution < -0.4 is 10.6 Å². The van der Waals surface area contributed by atoms with E-state index in [1.54, 1.807) is 0 Å². The highest BCUT2D eigenvalue weighted by atomic mass is 79.9. The third kappa shape index (κ3) is 3.97. The van der Waals surface area contributed by atoms with Crippen LogP contribution in [-0.2, 0) is 0 Å². The van der Waals surface area contributed by atoms with Gasteiger partial charge in [-0.3, -0.25) is 4.79 Å². The standard InChI is InChI=1S/C18H15BrN4O/c1-12-9-13(19)7-8-15(12)23-18(24)16-10-21-17(11-20-16)22-14-5-3-2-4-6-14/h2-11H,1H3,(H,21,22)(H,23,24). The van der Waals surface area contributed by atoms with Crippen LogP contribution in [0.4, 0.5) is 17.2 Å². The molecule has 0 aliphatic heterocycles. The van der Waals surface area contributed by atoms with Crippen LogP contribution in [0.5, 0.6) is 0 Å². The lowest BCUT2D eigenvalue weighted by atomic mass is 10.2. The van der Waals surface area contributed by atoms with E-state index in [2.05, 4.69) is 36.5 Å². The summed E-state index contributed by atoms with van der Waals surface area (Å²) in [5.74, 6) is 0.289. The number of nitrogens with zero attached hydrogens (tertiary/aromatic N) is 2. The first-order valence-corrected chi connectivity index (χ1v) is 8.13. The maximum Gasteiger partial charge on any atom is 0.275 e. The molecule has 0 atom stereocenters. The summed E-state index contributed by atoms with van der Waals surface area (Å²) in [6.45, 7) is 1.93. The number of aromatic nitrogens is 2. The molecule has 5 nitrogen and oxygen atoms in total. The van der Waals surface area contributed by atoms with Crippen LogP contribution in [0.3, 0.4) is 0 Å². The molecule has 6 heteroatoms. The molecule has 0 spiro atoms. The summed E-state index contributed by atoms with van der Waals surface area (Å²) in [5, 5.41) is 5.96. The van der Waals surface area contributed by atoms with Gasteiger partial charge in [0.25, 0.3) is 5.91 Å². The molecule has 0 saturated carbocycles. The van der Waals surface area contributed by atoms with Crippen molar-refractivity contribution in [1.82, 2.24) is 9.97 Å². The number of aryl methyl sites for hydroxylation is 1. The lowest BCUT2D eigenvalue weighted by Gasteiger charge is -2.09. The molecule has 120 valence electrons. The predicted octanol–water partition coefficient (Wildman–Crippen LogP) is 4.54. The molecule has 0 bridgehead atoms. The quantitative estimate of drug-likeness (QED) is 0.694. The second-order valence-electron chi connectivity index (χ2n) is 5.19. The normalized spacial score (nSPS) is 10.2. The van der Waals surface area contributed by atoms with E-state index >= 15 is 0 Å². The minimum absolute atomic E-state index is 0.260. The second kappa shape index (κ2) is 7.23. The number of hydrogen-bond acceptors (Lipinski definition) is 4. The van der Waals surface area contributed by atoms with Crippen LogP contribution in [0, 0.1) is 6.92 Å². The predicted molar refractivity (Wildman–Crippen MR) is 98.6 cm³/mol. The lowest BCUT2D eigenvalue weighted by Crippen LogP contribution is -2.15. The van der Waals surface area contributed by atoms with E-state index in [0.717, 1.165) is 21.4 Å². The largest absolute Gasteiger partial charge is 0.339 e. The Morgan fingerprint density at radius 3 is 2.50 bits per heavy atom. The Morgan fingerprint density at radius 2 is 1.83 bits per heavy atom. The van der Waals surface area contributed by atoms with E-state index in [9.17, 15) is 4.79 Å². The third-order valence-corrected chi connectivity index (χ3v) is 3.86. The molecule has 0 unspecified atom stereocenters. The first-order valence-electron chi connectivity index (χ1n) is 7.33. The Balaban J connectivity index is 1.69. The fourth-order valence-electron chi connectivity index (χ4n) is 2.13. The van der Waals surface area contributed by atoms with Gasteiger partial charge in [-0.2, -0.15) is 0 Å². The van der Waals surface area contributed by atoms with E-state index in [0.29, 0.717) is 5.82 Å². The highest BCUT2D eigenvalue weighted by Crippen LogP contribution is 2.20. The van der Waals surface area contributed by atoms with Gasteiger partial charge in [-0.05, 0) is 42.8 Å². The Bertz CT molecular complexity index is 851. The van der Waals surface area contributed by atoms with Crippen LogP contribution in [-0.4, -0.2) is 15.9 Å². The van der Waals surface area contributed by atoms with E-state index in [1.807, 2.05) is 55.5 Å². The first-order chi connectivity index (χ1) is 11.6. The van der Waals surface area contributed by atoms with E-state index in [1.165, 1.54) is 12.4 Å². The van der Waals surface area contributed by atoms with E-state index < -0.39 is 0 Å². The molecule has 3 aromatic rings. The molecule has 2 aromatic carbocycles. The zero-order valence-corrected chi connectivity index (χ0v) is 14.5. The summed E-state index contributed by atoms with van der Waals surface area (Å²) in [7, 11) is 0. The van der Waals surface area contributed by atoms with Crippen LogP contribution in [0.25, 0.3) is 0 Å². The highest BCUT2D eigenvalue weighted by molar-refractivity contribution is 9.10. The van der Waals surface area contributed by atoms with Crippen molar-refractivity contribution in [2.75, 3.05) is 10.6 Å². The molecule has 24 heavy (non-hydrogen) atoms. The van der Waals surface area contributed by atoms with E-state index in [4.69, 9.17) is 0 Å². The minimum Gasteiger partial charge on any atom is -0.339 e. The molecule has 3 rings (SSSR count). The van der Waals surface area contributed by atoms with Crippen molar-refractivity contribution < 1.29 is 4.79 Å².